The second-order valence-electron chi connectivity index (χ2n) is 14.2. The fourth-order valence-corrected chi connectivity index (χ4v) is 6.94. The van der Waals surface area contributed by atoms with Crippen LogP contribution in [0.4, 0.5) is 0 Å². The Labute approximate surface area is 315 Å². The van der Waals surface area contributed by atoms with E-state index in [1.165, 1.54) is 51.5 Å². The second kappa shape index (κ2) is 12.9. The van der Waals surface area contributed by atoms with E-state index in [4.69, 9.17) is 22.6 Å². The second-order valence-corrected chi connectivity index (χ2v) is 14.2. The third-order valence-electron chi connectivity index (χ3n) is 9.91. The van der Waals surface area contributed by atoms with Gasteiger partial charge in [0.2, 0.25) is 0 Å². The molecule has 5 heteroatoms. The Morgan fingerprint density at radius 3 is 2.30 bits per heavy atom. The van der Waals surface area contributed by atoms with Gasteiger partial charge in [0.15, 0.2) is 0 Å². The molecule has 3 heterocycles. The van der Waals surface area contributed by atoms with E-state index in [0.29, 0.717) is 17.1 Å². The molecule has 251 valence electrons. The van der Waals surface area contributed by atoms with E-state index < -0.39 is 13.7 Å². The standard InChI is InChI=1S/C32H27N2O.C13H12N.Ir/c1-31(2)14-15-32(3,4)29-26(31)18-33-30(34-29)23-11-7-10-22-25-16-20-13-12-19-8-5-6-9-21(19)24(20)17-27(25)35-28(22)23;1-10-3-6-12(7-4-10)13-8-5-11(2)9-14-13;/h5-10,12-13,16-18H,14-15H2,1-4H3;3-6,8-9H,1-2H3;/q2*-1;/i;1D3,2D3;. The molecule has 5 aromatic carbocycles. The summed E-state index contributed by atoms with van der Waals surface area (Å²) >= 11 is 0. The number of hydrogen-bond acceptors (Lipinski definition) is 4. The summed E-state index contributed by atoms with van der Waals surface area (Å²) < 4.78 is 50.2. The zero-order valence-corrected chi connectivity index (χ0v) is 30.7. The van der Waals surface area contributed by atoms with Crippen molar-refractivity contribution in [3.63, 3.8) is 0 Å². The van der Waals surface area contributed by atoms with Crippen molar-refractivity contribution in [3.8, 4) is 22.6 Å². The summed E-state index contributed by atoms with van der Waals surface area (Å²) in [5.74, 6) is 0.689. The number of benzene rings is 5. The summed E-state index contributed by atoms with van der Waals surface area (Å²) in [6.07, 6.45) is 5.59. The minimum atomic E-state index is -2.18. The number of nitrogens with zero attached hydrogens (tertiary/aromatic N) is 3. The van der Waals surface area contributed by atoms with Crippen molar-refractivity contribution in [2.24, 2.45) is 0 Å². The summed E-state index contributed by atoms with van der Waals surface area (Å²) in [5.41, 5.74) is 6.56. The Bertz CT molecular complexity index is 2680. The zero-order chi connectivity index (χ0) is 38.9. The fraction of sp³-hybridized carbons (Fsp3) is 0.222. The van der Waals surface area contributed by atoms with Crippen LogP contribution in [0.1, 0.15) is 71.1 Å². The van der Waals surface area contributed by atoms with Gasteiger partial charge in [0.25, 0.3) is 0 Å². The number of pyridine rings is 1. The van der Waals surface area contributed by atoms with E-state index in [2.05, 4.69) is 99.4 Å². The minimum Gasteiger partial charge on any atom is -0.501 e. The maximum atomic E-state index is 7.28. The summed E-state index contributed by atoms with van der Waals surface area (Å²) in [5, 5.41) is 7.07. The molecule has 0 unspecified atom stereocenters. The topological polar surface area (TPSA) is 51.8 Å². The van der Waals surface area contributed by atoms with Gasteiger partial charge < -0.3 is 9.40 Å². The number of furan rings is 1. The molecule has 1 aliphatic carbocycles. The van der Waals surface area contributed by atoms with Gasteiger partial charge in [-0.15, -0.1) is 53.6 Å². The van der Waals surface area contributed by atoms with Crippen molar-refractivity contribution < 1.29 is 32.7 Å². The molecule has 0 saturated carbocycles. The number of rotatable bonds is 2. The van der Waals surface area contributed by atoms with Gasteiger partial charge in [-0.25, -0.2) is 0 Å². The van der Waals surface area contributed by atoms with Gasteiger partial charge >= 0.3 is 0 Å². The van der Waals surface area contributed by atoms with Gasteiger partial charge in [-0.05, 0) is 75.6 Å². The molecular weight excluding hydrogens is 791 g/mol. The molecule has 0 aliphatic heterocycles. The van der Waals surface area contributed by atoms with Crippen LogP contribution < -0.4 is 0 Å². The molecule has 8 aromatic rings. The molecule has 0 saturated heterocycles. The van der Waals surface area contributed by atoms with E-state index in [0.717, 1.165) is 46.0 Å². The summed E-state index contributed by atoms with van der Waals surface area (Å²) in [7, 11) is 0. The summed E-state index contributed by atoms with van der Waals surface area (Å²) in [6.45, 7) is 4.83. The van der Waals surface area contributed by atoms with Gasteiger partial charge in [0, 0.05) is 57.2 Å². The van der Waals surface area contributed by atoms with Crippen molar-refractivity contribution >= 4 is 43.5 Å². The van der Waals surface area contributed by atoms with E-state index in [1.54, 1.807) is 12.1 Å². The molecule has 0 amide bonds. The normalized spacial score (nSPS) is 16.9. The smallest absolute Gasteiger partial charge is 0.121 e. The quantitative estimate of drug-likeness (QED) is 0.129. The van der Waals surface area contributed by atoms with E-state index in [-0.39, 0.29) is 42.1 Å². The molecule has 1 aliphatic rings. The van der Waals surface area contributed by atoms with Crippen molar-refractivity contribution in [2.75, 3.05) is 0 Å². The van der Waals surface area contributed by atoms with E-state index in [9.17, 15) is 0 Å². The molecule has 4 nitrogen and oxygen atoms in total. The van der Waals surface area contributed by atoms with Crippen molar-refractivity contribution in [1.82, 2.24) is 15.0 Å². The first-order valence-corrected chi connectivity index (χ1v) is 16.6. The predicted molar refractivity (Wildman–Crippen MR) is 202 cm³/mol. The third-order valence-corrected chi connectivity index (χ3v) is 9.91. The average Bonchev–Trinajstić information content (AvgIpc) is 3.53. The molecule has 0 N–H and O–H groups in total. The maximum absolute atomic E-state index is 7.28. The molecule has 0 bridgehead atoms. The average molecular weight is 836 g/mol. The van der Waals surface area contributed by atoms with Gasteiger partial charge in [-0.2, -0.15) is 0 Å². The van der Waals surface area contributed by atoms with Crippen LogP contribution in [0, 0.1) is 25.8 Å². The van der Waals surface area contributed by atoms with Crippen LogP contribution in [-0.2, 0) is 30.9 Å². The van der Waals surface area contributed by atoms with Crippen LogP contribution in [0.15, 0.2) is 108 Å². The molecule has 0 atom stereocenters. The Balaban J connectivity index is 0.000000197. The molecular formula is C45H39IrN3O-2. The molecule has 3 aromatic heterocycles. The van der Waals surface area contributed by atoms with Crippen LogP contribution in [0.2, 0.25) is 0 Å². The third kappa shape index (κ3) is 6.04. The van der Waals surface area contributed by atoms with E-state index in [1.807, 2.05) is 12.3 Å². The largest absolute Gasteiger partial charge is 0.501 e. The van der Waals surface area contributed by atoms with Crippen molar-refractivity contribution in [3.05, 3.63) is 138 Å². The SMILES string of the molecule is CC1(C)CCC(C)(C)c2nc(-c3[c-]ccc4c3oc3cc5c(ccc6ccccc65)cc34)ncc21.[2H]C([2H])([2H])c1c[c-]c(-c2ccc(C([2H])([2H])[2H])cn2)cc1.[Ir]. The first-order valence-electron chi connectivity index (χ1n) is 19.6. The fourth-order valence-electron chi connectivity index (χ4n) is 6.94. The summed E-state index contributed by atoms with van der Waals surface area (Å²) in [6, 6.07) is 35.2. The van der Waals surface area contributed by atoms with Gasteiger partial charge in [-0.3, -0.25) is 9.97 Å². The van der Waals surface area contributed by atoms with Gasteiger partial charge in [0.05, 0.1) is 11.4 Å². The first-order chi connectivity index (χ1) is 26.0. The maximum Gasteiger partial charge on any atom is 0.121 e. The van der Waals surface area contributed by atoms with E-state index >= 15 is 0 Å². The van der Waals surface area contributed by atoms with Crippen LogP contribution >= 0.6 is 0 Å². The molecule has 9 rings (SSSR count). The Kier molecular flexibility index (Phi) is 6.98. The predicted octanol–water partition coefficient (Wildman–Crippen LogP) is 11.7. The minimum absolute atomic E-state index is 0. The summed E-state index contributed by atoms with van der Waals surface area (Å²) in [4.78, 5) is 14.1. The Morgan fingerprint density at radius 1 is 0.720 bits per heavy atom. The van der Waals surface area contributed by atoms with Gasteiger partial charge in [0.1, 0.15) is 5.58 Å². The van der Waals surface area contributed by atoms with Crippen LogP contribution in [0.25, 0.3) is 66.1 Å². The molecule has 0 spiro atoms. The van der Waals surface area contributed by atoms with Crippen LogP contribution in [-0.4, -0.2) is 15.0 Å². The zero-order valence-electron chi connectivity index (χ0n) is 34.3. The number of aromatic nitrogens is 3. The van der Waals surface area contributed by atoms with Crippen molar-refractivity contribution in [2.45, 2.75) is 65.1 Å². The molecule has 0 fully saturated rings. The first kappa shape index (κ1) is 27.1. The van der Waals surface area contributed by atoms with Crippen LogP contribution in [0.5, 0.6) is 0 Å². The van der Waals surface area contributed by atoms with Gasteiger partial charge in [-0.1, -0.05) is 94.0 Å². The van der Waals surface area contributed by atoms with Crippen LogP contribution in [0.3, 0.4) is 0 Å². The van der Waals surface area contributed by atoms with Crippen molar-refractivity contribution in [1.29, 1.82) is 0 Å². The number of fused-ring (bicyclic) bond motifs is 7. The number of hydrogen-bond donors (Lipinski definition) is 0. The Hall–Kier alpha value is -4.70. The molecule has 50 heavy (non-hydrogen) atoms. The molecule has 1 radical (unpaired) electrons. The monoisotopic (exact) mass is 836 g/mol. The Morgan fingerprint density at radius 2 is 1.52 bits per heavy atom. The number of aryl methyl sites for hydroxylation is 2.